The molecule has 3 aromatic rings. The number of halogens is 2. The number of nitrogens with zero attached hydrogens (tertiary/aromatic N) is 2. The summed E-state index contributed by atoms with van der Waals surface area (Å²) in [5, 5.41) is 2.91. The van der Waals surface area contributed by atoms with Crippen LogP contribution in [0.3, 0.4) is 0 Å². The zero-order valence-electron chi connectivity index (χ0n) is 17.8. The van der Waals surface area contributed by atoms with E-state index in [9.17, 15) is 4.79 Å². The number of hydrogen-bond donors (Lipinski definition) is 2. The zero-order valence-corrected chi connectivity index (χ0v) is 19.4. The van der Waals surface area contributed by atoms with Crippen LogP contribution < -0.4 is 15.8 Å². The maximum Gasteiger partial charge on any atom is 0.237 e. The first-order valence-electron chi connectivity index (χ1n) is 9.85. The second kappa shape index (κ2) is 13.0. The lowest BCUT2D eigenvalue weighted by molar-refractivity contribution is -0.122. The average Bonchev–Trinajstić information content (AvgIpc) is 3.14. The molecule has 2 aromatic carbocycles. The van der Waals surface area contributed by atoms with Gasteiger partial charge in [0.2, 0.25) is 5.91 Å². The first-order valence-corrected chi connectivity index (χ1v) is 9.85. The van der Waals surface area contributed by atoms with Gasteiger partial charge in [-0.05, 0) is 31.0 Å². The van der Waals surface area contributed by atoms with Crippen LogP contribution in [0.15, 0.2) is 61.1 Å². The minimum Gasteiger partial charge on any atom is -0.494 e. The Morgan fingerprint density at radius 3 is 2.65 bits per heavy atom. The lowest BCUT2D eigenvalue weighted by Gasteiger charge is -2.14. The van der Waals surface area contributed by atoms with E-state index in [0.717, 1.165) is 29.1 Å². The van der Waals surface area contributed by atoms with Gasteiger partial charge in [-0.2, -0.15) is 0 Å². The standard InChI is InChI=1S/C23H28N4O2.2ClH/c1-3-29-22-11-17(2)9-10-19(22)13-25-23(28)21(24)12-20-15-27(16-26-20)14-18-7-5-4-6-8-18;;/h4-11,15-16,21H,3,12-14,24H2,1-2H3,(H,25,28);2*1H/t21-;;/m0../s1. The van der Waals surface area contributed by atoms with Gasteiger partial charge >= 0.3 is 0 Å². The molecule has 0 unspecified atom stereocenters. The highest BCUT2D eigenvalue weighted by Gasteiger charge is 2.16. The molecule has 0 saturated heterocycles. The van der Waals surface area contributed by atoms with Gasteiger partial charge in [0.1, 0.15) is 5.75 Å². The highest BCUT2D eigenvalue weighted by molar-refractivity contribution is 5.85. The summed E-state index contributed by atoms with van der Waals surface area (Å²) in [4.78, 5) is 16.8. The molecular formula is C23H30Cl2N4O2. The van der Waals surface area contributed by atoms with Crippen molar-refractivity contribution in [1.29, 1.82) is 0 Å². The molecule has 0 aliphatic rings. The molecule has 6 nitrogen and oxygen atoms in total. The van der Waals surface area contributed by atoms with Crippen LogP contribution >= 0.6 is 24.8 Å². The number of benzene rings is 2. The predicted molar refractivity (Wildman–Crippen MR) is 128 cm³/mol. The van der Waals surface area contributed by atoms with Crippen molar-refractivity contribution in [2.24, 2.45) is 5.73 Å². The van der Waals surface area contributed by atoms with Crippen molar-refractivity contribution >= 4 is 30.7 Å². The van der Waals surface area contributed by atoms with Crippen molar-refractivity contribution in [2.75, 3.05) is 6.61 Å². The summed E-state index contributed by atoms with van der Waals surface area (Å²) in [5.74, 6) is 0.589. The summed E-state index contributed by atoms with van der Waals surface area (Å²) in [7, 11) is 0. The second-order valence-corrected chi connectivity index (χ2v) is 7.10. The van der Waals surface area contributed by atoms with Crippen LogP contribution in [0, 0.1) is 6.92 Å². The molecule has 0 fully saturated rings. The minimum atomic E-state index is -0.656. The molecule has 168 valence electrons. The van der Waals surface area contributed by atoms with E-state index in [0.29, 0.717) is 19.6 Å². The lowest BCUT2D eigenvalue weighted by Crippen LogP contribution is -2.41. The first-order chi connectivity index (χ1) is 14.0. The number of nitrogens with one attached hydrogen (secondary N) is 1. The largest absolute Gasteiger partial charge is 0.494 e. The van der Waals surface area contributed by atoms with E-state index in [1.54, 1.807) is 6.33 Å². The number of nitrogens with two attached hydrogens (primary N) is 1. The highest BCUT2D eigenvalue weighted by Crippen LogP contribution is 2.20. The fourth-order valence-corrected chi connectivity index (χ4v) is 3.12. The van der Waals surface area contributed by atoms with E-state index in [4.69, 9.17) is 10.5 Å². The summed E-state index contributed by atoms with van der Waals surface area (Å²) >= 11 is 0. The van der Waals surface area contributed by atoms with Crippen LogP contribution in [0.25, 0.3) is 0 Å². The fourth-order valence-electron chi connectivity index (χ4n) is 3.12. The number of aryl methyl sites for hydroxylation is 1. The van der Waals surface area contributed by atoms with Crippen molar-refractivity contribution in [1.82, 2.24) is 14.9 Å². The van der Waals surface area contributed by atoms with Gasteiger partial charge in [0.25, 0.3) is 0 Å². The topological polar surface area (TPSA) is 82.2 Å². The highest BCUT2D eigenvalue weighted by atomic mass is 35.5. The fraction of sp³-hybridized carbons (Fsp3) is 0.304. The molecule has 0 spiro atoms. The van der Waals surface area contributed by atoms with Crippen molar-refractivity contribution < 1.29 is 9.53 Å². The van der Waals surface area contributed by atoms with Crippen molar-refractivity contribution in [3.63, 3.8) is 0 Å². The average molecular weight is 465 g/mol. The molecule has 0 saturated carbocycles. The zero-order chi connectivity index (χ0) is 20.6. The number of imidazole rings is 1. The van der Waals surface area contributed by atoms with Crippen LogP contribution in [0.2, 0.25) is 0 Å². The molecular weight excluding hydrogens is 435 g/mol. The van der Waals surface area contributed by atoms with E-state index in [1.165, 1.54) is 5.56 Å². The maximum absolute atomic E-state index is 12.4. The molecule has 0 radical (unpaired) electrons. The number of rotatable bonds is 9. The van der Waals surface area contributed by atoms with E-state index >= 15 is 0 Å². The summed E-state index contributed by atoms with van der Waals surface area (Å²) in [6.07, 6.45) is 4.10. The second-order valence-electron chi connectivity index (χ2n) is 7.10. The molecule has 8 heteroatoms. The van der Waals surface area contributed by atoms with Crippen molar-refractivity contribution in [3.05, 3.63) is 83.4 Å². The van der Waals surface area contributed by atoms with Gasteiger partial charge in [0, 0.05) is 31.3 Å². The Bertz CT molecular complexity index is 948. The quantitative estimate of drug-likeness (QED) is 0.505. The number of hydrogen-bond acceptors (Lipinski definition) is 4. The SMILES string of the molecule is CCOc1cc(C)ccc1CNC(=O)[C@@H](N)Cc1cn(Cc2ccccc2)cn1.Cl.Cl. The summed E-state index contributed by atoms with van der Waals surface area (Å²) in [6.45, 7) is 5.65. The minimum absolute atomic E-state index is 0. The van der Waals surface area contributed by atoms with Gasteiger partial charge in [-0.25, -0.2) is 4.98 Å². The van der Waals surface area contributed by atoms with Gasteiger partial charge in [-0.1, -0.05) is 42.5 Å². The molecule has 1 atom stereocenters. The Balaban J connectivity index is 0.00000240. The Labute approximate surface area is 196 Å². The molecule has 1 amide bonds. The third kappa shape index (κ3) is 7.90. The normalized spacial score (nSPS) is 11.1. The molecule has 1 heterocycles. The van der Waals surface area contributed by atoms with Gasteiger partial charge < -0.3 is 20.4 Å². The third-order valence-corrected chi connectivity index (χ3v) is 4.64. The predicted octanol–water partition coefficient (Wildman–Crippen LogP) is 3.67. The van der Waals surface area contributed by atoms with Gasteiger partial charge in [-0.15, -0.1) is 24.8 Å². The van der Waals surface area contributed by atoms with Crippen LogP contribution in [-0.2, 0) is 24.3 Å². The van der Waals surface area contributed by atoms with Crippen LogP contribution in [0.1, 0.15) is 29.3 Å². The Hall–Kier alpha value is -2.54. The van der Waals surface area contributed by atoms with Crippen LogP contribution in [0.4, 0.5) is 0 Å². The van der Waals surface area contributed by atoms with E-state index in [-0.39, 0.29) is 30.7 Å². The lowest BCUT2D eigenvalue weighted by atomic mass is 10.1. The molecule has 31 heavy (non-hydrogen) atoms. The monoisotopic (exact) mass is 464 g/mol. The third-order valence-electron chi connectivity index (χ3n) is 4.64. The Kier molecular flexibility index (Phi) is 11.1. The maximum atomic E-state index is 12.4. The first kappa shape index (κ1) is 26.5. The molecule has 1 aromatic heterocycles. The summed E-state index contributed by atoms with van der Waals surface area (Å²) in [5.41, 5.74) is 10.2. The van der Waals surface area contributed by atoms with Crippen LogP contribution in [-0.4, -0.2) is 28.1 Å². The van der Waals surface area contributed by atoms with Gasteiger partial charge in [0.15, 0.2) is 0 Å². The number of carbonyl (C=O) groups is 1. The molecule has 0 aliphatic heterocycles. The van der Waals surface area contributed by atoms with Gasteiger partial charge in [0.05, 0.1) is 24.7 Å². The van der Waals surface area contributed by atoms with Crippen molar-refractivity contribution in [2.45, 2.75) is 39.4 Å². The summed E-state index contributed by atoms with van der Waals surface area (Å²) in [6, 6.07) is 15.5. The van der Waals surface area contributed by atoms with E-state index < -0.39 is 6.04 Å². The molecule has 0 bridgehead atoms. The van der Waals surface area contributed by atoms with Crippen LogP contribution in [0.5, 0.6) is 5.75 Å². The van der Waals surface area contributed by atoms with E-state index in [2.05, 4.69) is 22.4 Å². The smallest absolute Gasteiger partial charge is 0.237 e. The Morgan fingerprint density at radius 2 is 1.94 bits per heavy atom. The van der Waals surface area contributed by atoms with Crippen molar-refractivity contribution in [3.8, 4) is 5.75 Å². The molecule has 3 N–H and O–H groups in total. The van der Waals surface area contributed by atoms with Gasteiger partial charge in [-0.3, -0.25) is 4.79 Å². The number of carbonyl (C=O) groups excluding carboxylic acids is 1. The summed E-state index contributed by atoms with van der Waals surface area (Å²) < 4.78 is 7.66. The van der Waals surface area contributed by atoms with E-state index in [1.807, 2.05) is 61.0 Å². The number of aromatic nitrogens is 2. The number of amides is 1. The molecule has 0 aliphatic carbocycles. The molecule has 3 rings (SSSR count). The Morgan fingerprint density at radius 1 is 1.19 bits per heavy atom. The number of ether oxygens (including phenoxy) is 1.